The minimum Gasteiger partial charge on any atom is -0.349 e. The molecule has 1 aromatic carbocycles. The highest BCUT2D eigenvalue weighted by molar-refractivity contribution is 6.30. The minimum atomic E-state index is -0.311. The Balaban J connectivity index is 1.72. The van der Waals surface area contributed by atoms with Crippen LogP contribution in [0.2, 0.25) is 5.02 Å². The highest BCUT2D eigenvalue weighted by Gasteiger charge is 2.18. The van der Waals surface area contributed by atoms with Crippen LogP contribution in [0.25, 0.3) is 11.8 Å². The summed E-state index contributed by atoms with van der Waals surface area (Å²) in [5.74, 6) is -0.311. The second-order valence-electron chi connectivity index (χ2n) is 6.17. The number of carbonyl (C=O) groups excluding carboxylic acids is 1. The third-order valence-corrected chi connectivity index (χ3v) is 4.56. The van der Waals surface area contributed by atoms with Gasteiger partial charge in [-0.1, -0.05) is 30.9 Å². The molecular weight excluding hydrogens is 336 g/mol. The maximum atomic E-state index is 12.3. The van der Waals surface area contributed by atoms with Gasteiger partial charge in [0.05, 0.1) is 11.9 Å². The van der Waals surface area contributed by atoms with Crippen molar-refractivity contribution in [2.75, 3.05) is 0 Å². The predicted octanol–water partition coefficient (Wildman–Crippen LogP) is 3.88. The van der Waals surface area contributed by atoms with E-state index in [1.54, 1.807) is 35.3 Å². The fourth-order valence-corrected chi connectivity index (χ4v) is 3.10. The van der Waals surface area contributed by atoms with Crippen LogP contribution < -0.4 is 5.32 Å². The largest absolute Gasteiger partial charge is 0.349 e. The number of carbonyl (C=O) groups is 1. The summed E-state index contributed by atoms with van der Waals surface area (Å²) in [7, 11) is 0. The molecule has 0 spiro atoms. The van der Waals surface area contributed by atoms with E-state index in [1.165, 1.54) is 6.42 Å². The summed E-state index contributed by atoms with van der Waals surface area (Å²) in [6, 6.07) is 9.44. The number of rotatable bonds is 4. The van der Waals surface area contributed by atoms with Crippen molar-refractivity contribution < 1.29 is 4.79 Å². The predicted molar refractivity (Wildman–Crippen MR) is 97.2 cm³/mol. The number of halogens is 1. The van der Waals surface area contributed by atoms with E-state index in [0.717, 1.165) is 31.4 Å². The zero-order valence-corrected chi connectivity index (χ0v) is 14.5. The third-order valence-electron chi connectivity index (χ3n) is 4.31. The molecule has 0 radical (unpaired) electrons. The van der Waals surface area contributed by atoms with Gasteiger partial charge in [-0.2, -0.15) is 10.4 Å². The molecular formula is C19H19ClN4O. The van der Waals surface area contributed by atoms with Gasteiger partial charge >= 0.3 is 0 Å². The van der Waals surface area contributed by atoms with Crippen molar-refractivity contribution in [1.82, 2.24) is 15.1 Å². The van der Waals surface area contributed by atoms with Crippen molar-refractivity contribution in [3.8, 4) is 11.8 Å². The van der Waals surface area contributed by atoms with Gasteiger partial charge in [-0.05, 0) is 43.2 Å². The lowest BCUT2D eigenvalue weighted by Crippen LogP contribution is -2.36. The van der Waals surface area contributed by atoms with Crippen LogP contribution in [0.1, 0.15) is 37.7 Å². The summed E-state index contributed by atoms with van der Waals surface area (Å²) in [5, 5.41) is 17.2. The summed E-state index contributed by atoms with van der Waals surface area (Å²) in [5.41, 5.74) is 1.65. The maximum Gasteiger partial charge on any atom is 0.262 e. The van der Waals surface area contributed by atoms with Crippen molar-refractivity contribution in [3.05, 3.63) is 52.8 Å². The van der Waals surface area contributed by atoms with Crippen molar-refractivity contribution in [2.24, 2.45) is 0 Å². The molecule has 1 heterocycles. The molecule has 3 rings (SSSR count). The fourth-order valence-electron chi connectivity index (χ4n) is 2.97. The first-order valence-corrected chi connectivity index (χ1v) is 8.77. The van der Waals surface area contributed by atoms with Crippen LogP contribution in [-0.4, -0.2) is 21.7 Å². The average molecular weight is 355 g/mol. The van der Waals surface area contributed by atoms with Crippen molar-refractivity contribution >= 4 is 23.6 Å². The van der Waals surface area contributed by atoms with E-state index in [9.17, 15) is 10.1 Å². The molecule has 1 amide bonds. The first-order valence-electron chi connectivity index (χ1n) is 8.39. The van der Waals surface area contributed by atoms with Crippen LogP contribution in [0.3, 0.4) is 0 Å². The molecule has 5 nitrogen and oxygen atoms in total. The highest BCUT2D eigenvalue weighted by Crippen LogP contribution is 2.18. The Hall–Kier alpha value is -2.58. The van der Waals surface area contributed by atoms with E-state index >= 15 is 0 Å². The zero-order valence-electron chi connectivity index (χ0n) is 13.8. The first-order chi connectivity index (χ1) is 12.2. The summed E-state index contributed by atoms with van der Waals surface area (Å²) >= 11 is 5.89. The lowest BCUT2D eigenvalue weighted by atomic mass is 9.95. The van der Waals surface area contributed by atoms with Gasteiger partial charge in [0, 0.05) is 22.8 Å². The number of nitrogens with zero attached hydrogens (tertiary/aromatic N) is 3. The smallest absolute Gasteiger partial charge is 0.262 e. The van der Waals surface area contributed by atoms with E-state index in [-0.39, 0.29) is 17.5 Å². The topological polar surface area (TPSA) is 70.7 Å². The molecule has 1 N–H and O–H groups in total. The van der Waals surface area contributed by atoms with Crippen molar-refractivity contribution in [3.63, 3.8) is 0 Å². The molecule has 0 saturated heterocycles. The Morgan fingerprint density at radius 2 is 2.00 bits per heavy atom. The Morgan fingerprint density at radius 1 is 1.28 bits per heavy atom. The highest BCUT2D eigenvalue weighted by atomic mass is 35.5. The lowest BCUT2D eigenvalue weighted by molar-refractivity contribution is -0.117. The molecule has 1 fully saturated rings. The molecule has 1 aliphatic rings. The molecule has 6 heteroatoms. The molecule has 25 heavy (non-hydrogen) atoms. The van der Waals surface area contributed by atoms with Crippen LogP contribution in [0, 0.1) is 11.3 Å². The number of hydrogen-bond donors (Lipinski definition) is 1. The Labute approximate surface area is 151 Å². The first kappa shape index (κ1) is 17.2. The number of hydrogen-bond acceptors (Lipinski definition) is 3. The van der Waals surface area contributed by atoms with E-state index < -0.39 is 0 Å². The van der Waals surface area contributed by atoms with Gasteiger partial charge in [0.15, 0.2) is 0 Å². The van der Waals surface area contributed by atoms with Crippen LogP contribution in [-0.2, 0) is 4.79 Å². The Kier molecular flexibility index (Phi) is 5.52. The second kappa shape index (κ2) is 8.00. The zero-order chi connectivity index (χ0) is 17.6. The minimum absolute atomic E-state index is 0.0984. The Morgan fingerprint density at radius 3 is 2.68 bits per heavy atom. The monoisotopic (exact) mass is 354 g/mol. The normalized spacial score (nSPS) is 15.6. The number of benzene rings is 1. The van der Waals surface area contributed by atoms with Gasteiger partial charge in [0.25, 0.3) is 5.91 Å². The average Bonchev–Trinajstić information content (AvgIpc) is 3.09. The second-order valence-corrected chi connectivity index (χ2v) is 6.61. The molecule has 0 unspecified atom stereocenters. The summed E-state index contributed by atoms with van der Waals surface area (Å²) in [6.45, 7) is 0. The molecule has 0 atom stereocenters. The quantitative estimate of drug-likeness (QED) is 0.669. The van der Waals surface area contributed by atoms with Crippen molar-refractivity contribution in [2.45, 2.75) is 38.1 Å². The number of nitrogens with one attached hydrogen (secondary N) is 1. The number of amides is 1. The van der Waals surface area contributed by atoms with Crippen molar-refractivity contribution in [1.29, 1.82) is 5.26 Å². The van der Waals surface area contributed by atoms with Crippen LogP contribution in [0.15, 0.2) is 42.2 Å². The molecule has 2 aromatic rings. The van der Waals surface area contributed by atoms with Crippen LogP contribution in [0.5, 0.6) is 0 Å². The number of aromatic nitrogens is 2. The van der Waals surface area contributed by atoms with E-state index in [1.807, 2.05) is 18.2 Å². The van der Waals surface area contributed by atoms with Gasteiger partial charge in [-0.15, -0.1) is 0 Å². The lowest BCUT2D eigenvalue weighted by Gasteiger charge is -2.22. The fraction of sp³-hybridized carbons (Fsp3) is 0.316. The standard InChI is InChI=1S/C19H19ClN4O/c20-16-6-8-18(9-7-16)24-13-14(12-22-24)10-15(11-21)19(25)23-17-4-2-1-3-5-17/h6-10,12-13,17H,1-5H2,(H,23,25)/b15-10+. The maximum absolute atomic E-state index is 12.3. The summed E-state index contributed by atoms with van der Waals surface area (Å²) < 4.78 is 1.68. The van der Waals surface area contributed by atoms with E-state index in [2.05, 4.69) is 10.4 Å². The van der Waals surface area contributed by atoms with Gasteiger partial charge in [-0.3, -0.25) is 4.79 Å². The molecule has 128 valence electrons. The SMILES string of the molecule is N#C/C(=C\c1cnn(-c2ccc(Cl)cc2)c1)C(=O)NC1CCCCC1. The number of nitriles is 1. The molecule has 1 saturated carbocycles. The summed E-state index contributed by atoms with van der Waals surface area (Å²) in [6.07, 6.45) is 10.4. The third kappa shape index (κ3) is 4.49. The molecule has 0 aliphatic heterocycles. The molecule has 1 aliphatic carbocycles. The molecule has 1 aromatic heterocycles. The van der Waals surface area contributed by atoms with Crippen LogP contribution in [0.4, 0.5) is 0 Å². The van der Waals surface area contributed by atoms with Crippen LogP contribution >= 0.6 is 11.6 Å². The summed E-state index contributed by atoms with van der Waals surface area (Å²) in [4.78, 5) is 12.3. The van der Waals surface area contributed by atoms with E-state index in [0.29, 0.717) is 10.6 Å². The van der Waals surface area contributed by atoms with Gasteiger partial charge in [0.1, 0.15) is 11.6 Å². The Bertz CT molecular complexity index is 811. The van der Waals surface area contributed by atoms with Gasteiger partial charge in [0.2, 0.25) is 0 Å². The van der Waals surface area contributed by atoms with Gasteiger partial charge in [-0.25, -0.2) is 4.68 Å². The molecule has 0 bridgehead atoms. The van der Waals surface area contributed by atoms with E-state index in [4.69, 9.17) is 11.6 Å². The van der Waals surface area contributed by atoms with Gasteiger partial charge < -0.3 is 5.32 Å².